The van der Waals surface area contributed by atoms with Crippen LogP contribution in [0.3, 0.4) is 0 Å². The molecule has 0 spiro atoms. The van der Waals surface area contributed by atoms with E-state index >= 15 is 0 Å². The molecule has 0 saturated heterocycles. The molecule has 12 heteroatoms. The van der Waals surface area contributed by atoms with Gasteiger partial charge in [0.1, 0.15) is 28.7 Å². The first kappa shape index (κ1) is 21.4. The van der Waals surface area contributed by atoms with E-state index in [1.807, 2.05) is 6.92 Å². The van der Waals surface area contributed by atoms with Gasteiger partial charge in [-0.25, -0.2) is 37.8 Å². The van der Waals surface area contributed by atoms with Crippen molar-refractivity contribution in [3.8, 4) is 0 Å². The Bertz CT molecular complexity index is 1560. The summed E-state index contributed by atoms with van der Waals surface area (Å²) < 4.78 is 44.2. The molecule has 0 aliphatic rings. The van der Waals surface area contributed by atoms with Crippen LogP contribution in [0.2, 0.25) is 0 Å². The number of para-hydroxylation sites is 1. The van der Waals surface area contributed by atoms with Crippen LogP contribution >= 0.6 is 0 Å². The summed E-state index contributed by atoms with van der Waals surface area (Å²) in [6.07, 6.45) is 3.16. The number of halogens is 3. The number of H-pyrrole nitrogens is 1. The van der Waals surface area contributed by atoms with E-state index in [-0.39, 0.29) is 16.7 Å². The van der Waals surface area contributed by atoms with Gasteiger partial charge < -0.3 is 10.3 Å². The van der Waals surface area contributed by atoms with Crippen molar-refractivity contribution in [3.05, 3.63) is 82.7 Å². The highest BCUT2D eigenvalue weighted by molar-refractivity contribution is 5.82. The lowest BCUT2D eigenvalue weighted by Crippen LogP contribution is -2.34. The molecule has 0 saturated carbocycles. The average molecular weight is 466 g/mol. The Hall–Kier alpha value is -4.48. The van der Waals surface area contributed by atoms with Gasteiger partial charge >= 0.3 is 0 Å². The monoisotopic (exact) mass is 466 g/mol. The zero-order valence-electron chi connectivity index (χ0n) is 17.7. The van der Waals surface area contributed by atoms with E-state index in [2.05, 4.69) is 35.7 Å². The second kappa shape index (κ2) is 8.46. The van der Waals surface area contributed by atoms with Crippen LogP contribution in [0, 0.1) is 17.5 Å². The molecule has 3 heterocycles. The molecule has 2 aromatic carbocycles. The summed E-state index contributed by atoms with van der Waals surface area (Å²) in [4.78, 5) is 33.1. The van der Waals surface area contributed by atoms with Crippen LogP contribution in [0.25, 0.3) is 22.1 Å². The quantitative estimate of drug-likeness (QED) is 0.348. The molecule has 34 heavy (non-hydrogen) atoms. The molecular formula is C22H17F3N8O. The van der Waals surface area contributed by atoms with E-state index in [9.17, 15) is 18.0 Å². The van der Waals surface area contributed by atoms with Gasteiger partial charge in [-0.15, -0.1) is 0 Å². The van der Waals surface area contributed by atoms with Crippen LogP contribution < -0.4 is 16.3 Å². The van der Waals surface area contributed by atoms with E-state index in [0.29, 0.717) is 23.4 Å². The smallest absolute Gasteiger partial charge is 0.283 e. The van der Waals surface area contributed by atoms with Crippen molar-refractivity contribution in [2.75, 3.05) is 10.7 Å². The van der Waals surface area contributed by atoms with Crippen LogP contribution in [0.4, 0.5) is 24.7 Å². The third-order valence-corrected chi connectivity index (χ3v) is 5.31. The number of nitrogens with zero attached hydrogens (tertiary/aromatic N) is 5. The minimum atomic E-state index is -0.928. The first-order valence-corrected chi connectivity index (χ1v) is 10.3. The third kappa shape index (κ3) is 3.58. The highest BCUT2D eigenvalue weighted by Gasteiger charge is 2.23. The summed E-state index contributed by atoms with van der Waals surface area (Å²) in [5, 5.41) is 2.85. The van der Waals surface area contributed by atoms with Crippen LogP contribution in [-0.2, 0) is 0 Å². The Balaban J connectivity index is 1.70. The lowest BCUT2D eigenvalue weighted by atomic mass is 10.1. The molecule has 5 aromatic rings. The van der Waals surface area contributed by atoms with Crippen LogP contribution in [0.5, 0.6) is 0 Å². The summed E-state index contributed by atoms with van der Waals surface area (Å²) in [6, 6.07) is 6.62. The number of hydrogen-bond donors (Lipinski definition) is 3. The summed E-state index contributed by atoms with van der Waals surface area (Å²) in [5.41, 5.74) is 2.08. The van der Waals surface area contributed by atoms with Crippen molar-refractivity contribution >= 4 is 33.6 Å². The van der Waals surface area contributed by atoms with Gasteiger partial charge in [0.2, 0.25) is 0 Å². The SMILES string of the molecule is CCC(Nc1ncnc2nc[nH]c12)c1nc2cccc(F)c2c(=O)n1Nc1c(F)cccc1F. The molecule has 0 bridgehead atoms. The Morgan fingerprint density at radius 1 is 1.03 bits per heavy atom. The molecule has 0 radical (unpaired) electrons. The van der Waals surface area contributed by atoms with Crippen molar-refractivity contribution in [3.63, 3.8) is 0 Å². The van der Waals surface area contributed by atoms with Gasteiger partial charge in [0.15, 0.2) is 28.9 Å². The lowest BCUT2D eigenvalue weighted by molar-refractivity contribution is 0.576. The van der Waals surface area contributed by atoms with Gasteiger partial charge in [0.05, 0.1) is 17.9 Å². The fourth-order valence-electron chi connectivity index (χ4n) is 3.65. The minimum absolute atomic E-state index is 0.0690. The van der Waals surface area contributed by atoms with Crippen molar-refractivity contribution in [1.82, 2.24) is 29.6 Å². The molecule has 0 aliphatic carbocycles. The lowest BCUT2D eigenvalue weighted by Gasteiger charge is -2.23. The maximum Gasteiger partial charge on any atom is 0.283 e. The Kier molecular flexibility index (Phi) is 5.32. The number of hydrogen-bond acceptors (Lipinski definition) is 7. The zero-order chi connectivity index (χ0) is 23.8. The molecular weight excluding hydrogens is 449 g/mol. The largest absolute Gasteiger partial charge is 0.358 e. The van der Waals surface area contributed by atoms with Crippen molar-refractivity contribution in [1.29, 1.82) is 0 Å². The Morgan fingerprint density at radius 2 is 1.76 bits per heavy atom. The van der Waals surface area contributed by atoms with Crippen LogP contribution in [-0.4, -0.2) is 29.6 Å². The molecule has 1 unspecified atom stereocenters. The van der Waals surface area contributed by atoms with Crippen molar-refractivity contribution < 1.29 is 13.2 Å². The predicted octanol–water partition coefficient (Wildman–Crippen LogP) is 3.92. The third-order valence-electron chi connectivity index (χ3n) is 5.31. The summed E-state index contributed by atoms with van der Waals surface area (Å²) in [7, 11) is 0. The molecule has 172 valence electrons. The number of fused-ring (bicyclic) bond motifs is 2. The Morgan fingerprint density at radius 3 is 2.53 bits per heavy atom. The molecule has 5 rings (SSSR count). The van der Waals surface area contributed by atoms with E-state index in [4.69, 9.17) is 0 Å². The first-order valence-electron chi connectivity index (χ1n) is 10.3. The normalized spacial score (nSPS) is 12.2. The summed E-state index contributed by atoms with van der Waals surface area (Å²) >= 11 is 0. The van der Waals surface area contributed by atoms with Gasteiger partial charge in [-0.05, 0) is 30.7 Å². The van der Waals surface area contributed by atoms with Crippen molar-refractivity contribution in [2.24, 2.45) is 0 Å². The van der Waals surface area contributed by atoms with Gasteiger partial charge in [0, 0.05) is 0 Å². The van der Waals surface area contributed by atoms with Crippen LogP contribution in [0.15, 0.2) is 53.8 Å². The number of benzene rings is 2. The second-order valence-corrected chi connectivity index (χ2v) is 7.38. The molecule has 9 nitrogen and oxygen atoms in total. The second-order valence-electron chi connectivity index (χ2n) is 7.38. The molecule has 3 N–H and O–H groups in total. The van der Waals surface area contributed by atoms with E-state index in [1.165, 1.54) is 30.9 Å². The maximum absolute atomic E-state index is 14.6. The van der Waals surface area contributed by atoms with Gasteiger partial charge in [0.25, 0.3) is 5.56 Å². The fraction of sp³-hybridized carbons (Fsp3) is 0.136. The summed E-state index contributed by atoms with van der Waals surface area (Å²) in [6.45, 7) is 1.82. The van der Waals surface area contributed by atoms with Crippen LogP contribution in [0.1, 0.15) is 25.2 Å². The number of aromatic nitrogens is 6. The van der Waals surface area contributed by atoms with E-state index < -0.39 is 34.7 Å². The average Bonchev–Trinajstić information content (AvgIpc) is 3.31. The molecule has 0 aliphatic heterocycles. The first-order chi connectivity index (χ1) is 16.5. The van der Waals surface area contributed by atoms with Gasteiger partial charge in [-0.3, -0.25) is 10.2 Å². The molecule has 1 atom stereocenters. The highest BCUT2D eigenvalue weighted by Crippen LogP contribution is 2.26. The number of rotatable bonds is 6. The zero-order valence-corrected chi connectivity index (χ0v) is 17.7. The number of anilines is 2. The number of imidazole rings is 1. The van der Waals surface area contributed by atoms with Gasteiger partial charge in [-0.2, -0.15) is 0 Å². The maximum atomic E-state index is 14.6. The Labute approximate surface area is 189 Å². The molecule has 0 amide bonds. The van der Waals surface area contributed by atoms with Gasteiger partial charge in [-0.1, -0.05) is 19.1 Å². The fourth-order valence-corrected chi connectivity index (χ4v) is 3.65. The highest BCUT2D eigenvalue weighted by atomic mass is 19.1. The van der Waals surface area contributed by atoms with E-state index in [0.717, 1.165) is 22.9 Å². The number of nitrogens with one attached hydrogen (secondary N) is 3. The van der Waals surface area contributed by atoms with E-state index in [1.54, 1.807) is 0 Å². The predicted molar refractivity (Wildman–Crippen MR) is 120 cm³/mol. The molecule has 0 fully saturated rings. The number of aromatic amines is 1. The topological polar surface area (TPSA) is 113 Å². The summed E-state index contributed by atoms with van der Waals surface area (Å²) in [5.74, 6) is -2.21. The standard InChI is InChI=1S/C22H17F3N8O/c1-2-14(30-20-18-19(27-9-26-18)28-10-29-20)21-31-15-8-4-5-11(23)16(15)22(34)33(21)32-17-12(24)6-3-7-13(17)25/h3-10,14,32H,2H2,1H3,(H2,26,27,28,29,30). The minimum Gasteiger partial charge on any atom is -0.358 e. The molecule has 3 aromatic heterocycles. The van der Waals surface area contributed by atoms with Crippen molar-refractivity contribution in [2.45, 2.75) is 19.4 Å².